The Bertz CT molecular complexity index is 623. The first-order valence-electron chi connectivity index (χ1n) is 8.11. The summed E-state index contributed by atoms with van der Waals surface area (Å²) in [7, 11) is 5.50. The number of ether oxygens (including phenoxy) is 2. The number of nitrogens with zero attached hydrogens (tertiary/aromatic N) is 1. The molecule has 4 heteroatoms. The Morgan fingerprint density at radius 3 is 2.21 bits per heavy atom. The monoisotopic (exact) mass is 327 g/mol. The van der Waals surface area contributed by atoms with Crippen LogP contribution in [0.3, 0.4) is 0 Å². The van der Waals surface area contributed by atoms with E-state index in [1.54, 1.807) is 12.1 Å². The second-order valence-corrected chi connectivity index (χ2v) is 5.93. The van der Waals surface area contributed by atoms with Crippen LogP contribution >= 0.6 is 0 Å². The van der Waals surface area contributed by atoms with Gasteiger partial charge >= 0.3 is 5.97 Å². The van der Waals surface area contributed by atoms with Crippen molar-refractivity contribution in [1.82, 2.24) is 4.90 Å². The molecular formula is C20H25NO3. The van der Waals surface area contributed by atoms with E-state index in [0.29, 0.717) is 12.2 Å². The fourth-order valence-electron chi connectivity index (χ4n) is 2.51. The van der Waals surface area contributed by atoms with Crippen LogP contribution in [0.15, 0.2) is 54.6 Å². The second-order valence-electron chi connectivity index (χ2n) is 5.93. The van der Waals surface area contributed by atoms with Crippen molar-refractivity contribution in [1.29, 1.82) is 0 Å². The van der Waals surface area contributed by atoms with Gasteiger partial charge in [0.25, 0.3) is 0 Å². The van der Waals surface area contributed by atoms with Crippen LogP contribution in [-0.2, 0) is 9.47 Å². The van der Waals surface area contributed by atoms with Crippen molar-refractivity contribution in [3.63, 3.8) is 0 Å². The largest absolute Gasteiger partial charge is 0.465 e. The predicted molar refractivity (Wildman–Crippen MR) is 95.2 cm³/mol. The number of hydrogen-bond acceptors (Lipinski definition) is 4. The topological polar surface area (TPSA) is 38.8 Å². The summed E-state index contributed by atoms with van der Waals surface area (Å²) in [4.78, 5) is 13.7. The summed E-state index contributed by atoms with van der Waals surface area (Å²) in [6, 6.07) is 17.5. The third kappa shape index (κ3) is 5.18. The standard InChI is InChI=1S/C20H25NO3/c1-21(2)14-7-15-24-19(16-8-5-4-6-9-16)17-10-12-18(13-11-17)20(22)23-3/h4-6,8-13,19H,7,14-15H2,1-3H3. The molecule has 24 heavy (non-hydrogen) atoms. The zero-order chi connectivity index (χ0) is 17.4. The SMILES string of the molecule is COC(=O)c1ccc(C(OCCCN(C)C)c2ccccc2)cc1. The number of methoxy groups -OCH3 is 1. The smallest absolute Gasteiger partial charge is 0.337 e. The lowest BCUT2D eigenvalue weighted by molar-refractivity contribution is 0.0599. The van der Waals surface area contributed by atoms with Crippen molar-refractivity contribution in [2.24, 2.45) is 0 Å². The zero-order valence-corrected chi connectivity index (χ0v) is 14.6. The van der Waals surface area contributed by atoms with Crippen molar-refractivity contribution in [2.75, 3.05) is 34.4 Å². The molecule has 2 aromatic carbocycles. The number of rotatable bonds is 8. The van der Waals surface area contributed by atoms with Crippen LogP contribution in [0.4, 0.5) is 0 Å². The Morgan fingerprint density at radius 2 is 1.62 bits per heavy atom. The number of carbonyl (C=O) groups excluding carboxylic acids is 1. The minimum absolute atomic E-state index is 0.139. The summed E-state index contributed by atoms with van der Waals surface area (Å²) in [5.41, 5.74) is 2.67. The molecule has 0 radical (unpaired) electrons. The summed E-state index contributed by atoms with van der Waals surface area (Å²) in [5.74, 6) is -0.329. The highest BCUT2D eigenvalue weighted by atomic mass is 16.5. The maximum absolute atomic E-state index is 11.6. The average molecular weight is 327 g/mol. The molecule has 0 aromatic heterocycles. The van der Waals surface area contributed by atoms with E-state index in [1.807, 2.05) is 30.3 Å². The minimum atomic E-state index is -0.329. The van der Waals surface area contributed by atoms with Gasteiger partial charge in [-0.1, -0.05) is 42.5 Å². The maximum Gasteiger partial charge on any atom is 0.337 e. The van der Waals surface area contributed by atoms with E-state index in [0.717, 1.165) is 24.1 Å². The van der Waals surface area contributed by atoms with Gasteiger partial charge in [-0.05, 0) is 50.3 Å². The first-order chi connectivity index (χ1) is 11.6. The molecule has 0 saturated carbocycles. The molecule has 1 atom stereocenters. The van der Waals surface area contributed by atoms with Gasteiger partial charge in [0.15, 0.2) is 0 Å². The van der Waals surface area contributed by atoms with Crippen LogP contribution < -0.4 is 0 Å². The second kappa shape index (κ2) is 9.21. The number of hydrogen-bond donors (Lipinski definition) is 0. The average Bonchev–Trinajstić information content (AvgIpc) is 2.62. The quantitative estimate of drug-likeness (QED) is 0.549. The lowest BCUT2D eigenvalue weighted by Gasteiger charge is -2.20. The van der Waals surface area contributed by atoms with E-state index in [1.165, 1.54) is 7.11 Å². The summed E-state index contributed by atoms with van der Waals surface area (Å²) >= 11 is 0. The molecule has 2 aromatic rings. The minimum Gasteiger partial charge on any atom is -0.465 e. The lowest BCUT2D eigenvalue weighted by atomic mass is 10.00. The third-order valence-electron chi connectivity index (χ3n) is 3.77. The van der Waals surface area contributed by atoms with Crippen molar-refractivity contribution in [3.8, 4) is 0 Å². The lowest BCUT2D eigenvalue weighted by Crippen LogP contribution is -2.16. The summed E-state index contributed by atoms with van der Waals surface area (Å²) in [6.07, 6.45) is 0.830. The van der Waals surface area contributed by atoms with Crippen LogP contribution in [0.5, 0.6) is 0 Å². The van der Waals surface area contributed by atoms with Gasteiger partial charge < -0.3 is 14.4 Å². The molecule has 0 bridgehead atoms. The highest BCUT2D eigenvalue weighted by Gasteiger charge is 2.15. The molecule has 0 aliphatic carbocycles. The molecule has 0 saturated heterocycles. The molecule has 4 nitrogen and oxygen atoms in total. The Kier molecular flexibility index (Phi) is 6.97. The Morgan fingerprint density at radius 1 is 1.00 bits per heavy atom. The Balaban J connectivity index is 2.14. The fraction of sp³-hybridized carbons (Fsp3) is 0.350. The van der Waals surface area contributed by atoms with Crippen LogP contribution in [0, 0.1) is 0 Å². The Hall–Kier alpha value is -2.17. The normalized spacial score (nSPS) is 12.2. The van der Waals surface area contributed by atoms with Crippen LogP contribution in [-0.4, -0.2) is 45.2 Å². The fourth-order valence-corrected chi connectivity index (χ4v) is 2.51. The molecule has 0 heterocycles. The predicted octanol–water partition coefficient (Wildman–Crippen LogP) is 3.53. The van der Waals surface area contributed by atoms with Crippen molar-refractivity contribution < 1.29 is 14.3 Å². The first-order valence-corrected chi connectivity index (χ1v) is 8.11. The van der Waals surface area contributed by atoms with Crippen LogP contribution in [0.2, 0.25) is 0 Å². The summed E-state index contributed by atoms with van der Waals surface area (Å²) in [6.45, 7) is 1.67. The van der Waals surface area contributed by atoms with Gasteiger partial charge in [-0.25, -0.2) is 4.79 Å². The molecule has 0 N–H and O–H groups in total. The molecule has 2 rings (SSSR count). The first kappa shape index (κ1) is 18.2. The van der Waals surface area contributed by atoms with Crippen molar-refractivity contribution in [2.45, 2.75) is 12.5 Å². The van der Waals surface area contributed by atoms with Gasteiger partial charge in [-0.2, -0.15) is 0 Å². The van der Waals surface area contributed by atoms with Crippen molar-refractivity contribution in [3.05, 3.63) is 71.3 Å². The molecule has 0 aliphatic rings. The van der Waals surface area contributed by atoms with Gasteiger partial charge in [-0.3, -0.25) is 0 Å². The van der Waals surface area contributed by atoms with E-state index >= 15 is 0 Å². The number of benzene rings is 2. The van der Waals surface area contributed by atoms with Crippen LogP contribution in [0.1, 0.15) is 34.0 Å². The van der Waals surface area contributed by atoms with Gasteiger partial charge in [0.2, 0.25) is 0 Å². The van der Waals surface area contributed by atoms with Gasteiger partial charge in [0.05, 0.1) is 12.7 Å². The third-order valence-corrected chi connectivity index (χ3v) is 3.77. The maximum atomic E-state index is 11.6. The van der Waals surface area contributed by atoms with E-state index < -0.39 is 0 Å². The Labute approximate surface area is 144 Å². The molecular weight excluding hydrogens is 302 g/mol. The highest BCUT2D eigenvalue weighted by Crippen LogP contribution is 2.26. The van der Waals surface area contributed by atoms with E-state index in [2.05, 4.69) is 31.1 Å². The van der Waals surface area contributed by atoms with Gasteiger partial charge in [-0.15, -0.1) is 0 Å². The van der Waals surface area contributed by atoms with E-state index in [4.69, 9.17) is 9.47 Å². The molecule has 0 spiro atoms. The van der Waals surface area contributed by atoms with Gasteiger partial charge in [0, 0.05) is 6.61 Å². The van der Waals surface area contributed by atoms with Crippen molar-refractivity contribution >= 4 is 5.97 Å². The number of esters is 1. The highest BCUT2D eigenvalue weighted by molar-refractivity contribution is 5.89. The summed E-state index contributed by atoms with van der Waals surface area (Å²) < 4.78 is 10.9. The molecule has 1 unspecified atom stereocenters. The summed E-state index contributed by atoms with van der Waals surface area (Å²) in [5, 5.41) is 0. The van der Waals surface area contributed by atoms with E-state index in [9.17, 15) is 4.79 Å². The molecule has 0 fully saturated rings. The molecule has 128 valence electrons. The zero-order valence-electron chi connectivity index (χ0n) is 14.6. The van der Waals surface area contributed by atoms with Crippen LogP contribution in [0.25, 0.3) is 0 Å². The molecule has 0 amide bonds. The van der Waals surface area contributed by atoms with E-state index in [-0.39, 0.29) is 12.1 Å². The van der Waals surface area contributed by atoms with Gasteiger partial charge in [0.1, 0.15) is 6.10 Å². The number of carbonyl (C=O) groups is 1. The molecule has 0 aliphatic heterocycles.